The number of phenols is 1. The maximum atomic E-state index is 9.32. The monoisotopic (exact) mass is 272 g/mol. The van der Waals surface area contributed by atoms with Crippen LogP contribution in [-0.4, -0.2) is 52.5 Å². The fourth-order valence-electron chi connectivity index (χ4n) is 2.57. The molecule has 106 valence electrons. The predicted molar refractivity (Wildman–Crippen MR) is 79.0 cm³/mol. The van der Waals surface area contributed by atoms with Gasteiger partial charge >= 0.3 is 0 Å². The Bertz CT molecular complexity index is 515. The molecule has 0 spiro atoms. The van der Waals surface area contributed by atoms with Gasteiger partial charge in [-0.25, -0.2) is 0 Å². The van der Waals surface area contributed by atoms with Crippen LogP contribution >= 0.6 is 0 Å². The number of phenolic OH excluding ortho intramolecular Hbond substituents is 1. The van der Waals surface area contributed by atoms with E-state index in [-0.39, 0.29) is 0 Å². The maximum absolute atomic E-state index is 9.32. The summed E-state index contributed by atoms with van der Waals surface area (Å²) >= 11 is 0. The lowest BCUT2D eigenvalue weighted by atomic mass is 10.2. The van der Waals surface area contributed by atoms with Crippen LogP contribution in [0.15, 0.2) is 42.7 Å². The van der Waals surface area contributed by atoms with Gasteiger partial charge in [-0.15, -0.1) is 0 Å². The Kier molecular flexibility index (Phi) is 3.87. The minimum absolute atomic E-state index is 0.326. The van der Waals surface area contributed by atoms with Gasteiger partial charge in [0.25, 0.3) is 0 Å². The van der Waals surface area contributed by atoms with Gasteiger partial charge in [0.1, 0.15) is 5.75 Å². The van der Waals surface area contributed by atoms with Crippen LogP contribution in [0, 0.1) is 0 Å². The second-order valence-corrected chi connectivity index (χ2v) is 5.11. The SMILES string of the molecule is Oc1ccc(N2CCN(CCn3cccn3)CC2)cc1. The molecule has 0 amide bonds. The fourth-order valence-corrected chi connectivity index (χ4v) is 2.57. The lowest BCUT2D eigenvalue weighted by Crippen LogP contribution is -2.47. The van der Waals surface area contributed by atoms with Crippen molar-refractivity contribution in [1.82, 2.24) is 14.7 Å². The third-order valence-electron chi connectivity index (χ3n) is 3.79. The van der Waals surface area contributed by atoms with E-state index < -0.39 is 0 Å². The summed E-state index contributed by atoms with van der Waals surface area (Å²) in [7, 11) is 0. The molecule has 1 aliphatic heterocycles. The molecule has 0 saturated carbocycles. The second-order valence-electron chi connectivity index (χ2n) is 5.11. The van der Waals surface area contributed by atoms with Crippen molar-refractivity contribution in [2.24, 2.45) is 0 Å². The molecular weight excluding hydrogens is 252 g/mol. The van der Waals surface area contributed by atoms with Gasteiger partial charge in [0.05, 0.1) is 6.54 Å². The van der Waals surface area contributed by atoms with Crippen LogP contribution in [0.25, 0.3) is 0 Å². The number of benzene rings is 1. The molecule has 2 aromatic rings. The molecule has 1 aliphatic rings. The van der Waals surface area contributed by atoms with E-state index in [1.165, 1.54) is 5.69 Å². The molecule has 0 bridgehead atoms. The average molecular weight is 272 g/mol. The zero-order valence-electron chi connectivity index (χ0n) is 11.5. The quantitative estimate of drug-likeness (QED) is 0.914. The van der Waals surface area contributed by atoms with Gasteiger partial charge in [-0.1, -0.05) is 0 Å². The lowest BCUT2D eigenvalue weighted by molar-refractivity contribution is 0.244. The Morgan fingerprint density at radius 3 is 2.40 bits per heavy atom. The van der Waals surface area contributed by atoms with Gasteiger partial charge in [-0.3, -0.25) is 9.58 Å². The number of anilines is 1. The van der Waals surface area contributed by atoms with E-state index in [1.54, 1.807) is 12.1 Å². The number of aromatic nitrogens is 2. The number of hydrogen-bond donors (Lipinski definition) is 1. The van der Waals surface area contributed by atoms with Crippen LogP contribution in [-0.2, 0) is 6.54 Å². The van der Waals surface area contributed by atoms with Crippen molar-refractivity contribution in [1.29, 1.82) is 0 Å². The highest BCUT2D eigenvalue weighted by Crippen LogP contribution is 2.19. The van der Waals surface area contributed by atoms with Crippen molar-refractivity contribution in [3.63, 3.8) is 0 Å². The van der Waals surface area contributed by atoms with Crippen LogP contribution < -0.4 is 4.90 Å². The van der Waals surface area contributed by atoms with Crippen molar-refractivity contribution >= 4 is 5.69 Å². The van der Waals surface area contributed by atoms with E-state index in [9.17, 15) is 5.11 Å². The minimum Gasteiger partial charge on any atom is -0.508 e. The van der Waals surface area contributed by atoms with E-state index in [4.69, 9.17) is 0 Å². The minimum atomic E-state index is 0.326. The van der Waals surface area contributed by atoms with Crippen molar-refractivity contribution in [2.45, 2.75) is 6.54 Å². The molecule has 3 rings (SSSR count). The summed E-state index contributed by atoms with van der Waals surface area (Å²) in [5.74, 6) is 0.326. The molecule has 1 aromatic carbocycles. The van der Waals surface area contributed by atoms with Crippen molar-refractivity contribution < 1.29 is 5.11 Å². The van der Waals surface area contributed by atoms with Gasteiger partial charge in [0.2, 0.25) is 0 Å². The van der Waals surface area contributed by atoms with Gasteiger partial charge in [-0.2, -0.15) is 5.10 Å². The Morgan fingerprint density at radius 2 is 1.75 bits per heavy atom. The van der Waals surface area contributed by atoms with E-state index >= 15 is 0 Å². The van der Waals surface area contributed by atoms with Gasteiger partial charge in [0.15, 0.2) is 0 Å². The molecular formula is C15H20N4O. The second kappa shape index (κ2) is 5.96. The zero-order valence-corrected chi connectivity index (χ0v) is 11.5. The molecule has 1 aromatic heterocycles. The molecule has 0 atom stereocenters. The third kappa shape index (κ3) is 3.11. The van der Waals surface area contributed by atoms with Crippen LogP contribution in [0.3, 0.4) is 0 Å². The molecule has 1 N–H and O–H groups in total. The summed E-state index contributed by atoms with van der Waals surface area (Å²) in [5, 5.41) is 13.5. The van der Waals surface area contributed by atoms with Gasteiger partial charge < -0.3 is 10.0 Å². The van der Waals surface area contributed by atoms with Crippen molar-refractivity contribution in [3.8, 4) is 5.75 Å². The maximum Gasteiger partial charge on any atom is 0.115 e. The molecule has 1 fully saturated rings. The Morgan fingerprint density at radius 1 is 1.00 bits per heavy atom. The Balaban J connectivity index is 1.48. The average Bonchev–Trinajstić information content (AvgIpc) is 3.00. The van der Waals surface area contributed by atoms with E-state index in [0.717, 1.165) is 39.3 Å². The molecule has 0 aliphatic carbocycles. The largest absolute Gasteiger partial charge is 0.508 e. The smallest absolute Gasteiger partial charge is 0.115 e. The molecule has 5 heteroatoms. The first kappa shape index (κ1) is 13.0. The molecule has 5 nitrogen and oxygen atoms in total. The number of rotatable bonds is 4. The molecule has 20 heavy (non-hydrogen) atoms. The summed E-state index contributed by atoms with van der Waals surface area (Å²) in [6, 6.07) is 9.42. The number of hydrogen-bond acceptors (Lipinski definition) is 4. The van der Waals surface area contributed by atoms with Gasteiger partial charge in [0, 0.05) is 50.8 Å². The molecule has 1 saturated heterocycles. The summed E-state index contributed by atoms with van der Waals surface area (Å²) in [6.45, 7) is 6.20. The van der Waals surface area contributed by atoms with Crippen molar-refractivity contribution in [3.05, 3.63) is 42.7 Å². The number of piperazine rings is 1. The first-order valence-electron chi connectivity index (χ1n) is 7.05. The van der Waals surface area contributed by atoms with Crippen LogP contribution in [0.5, 0.6) is 5.75 Å². The van der Waals surface area contributed by atoms with Crippen molar-refractivity contribution in [2.75, 3.05) is 37.6 Å². The van der Waals surface area contributed by atoms with E-state index in [0.29, 0.717) is 5.75 Å². The predicted octanol–water partition coefficient (Wildman–Crippen LogP) is 1.41. The standard InChI is InChI=1S/C15H20N4O/c20-15-4-2-14(3-5-15)18-11-8-17(9-12-18)10-13-19-7-1-6-16-19/h1-7,20H,8-13H2. The normalized spacial score (nSPS) is 16.5. The highest BCUT2D eigenvalue weighted by Gasteiger charge is 2.16. The highest BCUT2D eigenvalue weighted by atomic mass is 16.3. The fraction of sp³-hybridized carbons (Fsp3) is 0.400. The first-order valence-corrected chi connectivity index (χ1v) is 7.05. The van der Waals surface area contributed by atoms with Crippen LogP contribution in [0.4, 0.5) is 5.69 Å². The summed E-state index contributed by atoms with van der Waals surface area (Å²) in [5.41, 5.74) is 1.19. The zero-order chi connectivity index (χ0) is 13.8. The highest BCUT2D eigenvalue weighted by molar-refractivity contribution is 5.49. The number of aromatic hydroxyl groups is 1. The molecule has 2 heterocycles. The summed E-state index contributed by atoms with van der Waals surface area (Å²) < 4.78 is 1.98. The Hall–Kier alpha value is -2.01. The topological polar surface area (TPSA) is 44.5 Å². The first-order chi connectivity index (χ1) is 9.81. The summed E-state index contributed by atoms with van der Waals surface area (Å²) in [6.07, 6.45) is 3.83. The van der Waals surface area contributed by atoms with E-state index in [1.807, 2.05) is 35.3 Å². The van der Waals surface area contributed by atoms with Crippen LogP contribution in [0.2, 0.25) is 0 Å². The molecule has 0 unspecified atom stereocenters. The molecule has 0 radical (unpaired) electrons. The Labute approximate surface area is 119 Å². The lowest BCUT2D eigenvalue weighted by Gasteiger charge is -2.36. The number of nitrogens with zero attached hydrogens (tertiary/aromatic N) is 4. The van der Waals surface area contributed by atoms with E-state index in [2.05, 4.69) is 14.9 Å². The summed E-state index contributed by atoms with van der Waals surface area (Å²) in [4.78, 5) is 4.84. The van der Waals surface area contributed by atoms with Crippen LogP contribution in [0.1, 0.15) is 0 Å². The third-order valence-corrected chi connectivity index (χ3v) is 3.79. The van der Waals surface area contributed by atoms with Gasteiger partial charge in [-0.05, 0) is 30.3 Å².